The first-order chi connectivity index (χ1) is 22.3. The SMILES string of the molecule is CCOC(=O)C1=C(C)N=c2s/c(=C/c3cc(Br)c(OCc4cccc5ccccc45)c(OC)c3)c(=O)n2[C@@H]1c1ccc(OC)cc1. The molecule has 0 aliphatic carbocycles. The van der Waals surface area contributed by atoms with Gasteiger partial charge in [-0.05, 0) is 87.6 Å². The molecule has 1 aromatic heterocycles. The molecule has 4 aromatic carbocycles. The number of benzene rings is 4. The van der Waals surface area contributed by atoms with Crippen LogP contribution in [-0.2, 0) is 16.1 Å². The molecule has 0 fully saturated rings. The normalized spacial score (nSPS) is 14.5. The van der Waals surface area contributed by atoms with E-state index in [1.807, 2.05) is 48.5 Å². The third kappa shape index (κ3) is 5.98. The average molecular weight is 700 g/mol. The lowest BCUT2D eigenvalue weighted by molar-refractivity contribution is -0.139. The lowest BCUT2D eigenvalue weighted by Crippen LogP contribution is -2.39. The maximum atomic E-state index is 14.0. The van der Waals surface area contributed by atoms with Crippen molar-refractivity contribution in [1.29, 1.82) is 0 Å². The van der Waals surface area contributed by atoms with Gasteiger partial charge in [0.05, 0.1) is 47.1 Å². The molecular formula is C36H31BrN2O6S. The first kappa shape index (κ1) is 31.3. The van der Waals surface area contributed by atoms with Crippen LogP contribution in [0.4, 0.5) is 0 Å². The number of methoxy groups -OCH3 is 2. The van der Waals surface area contributed by atoms with Gasteiger partial charge >= 0.3 is 5.97 Å². The quantitative estimate of drug-likeness (QED) is 0.168. The Hall–Kier alpha value is -4.67. The van der Waals surface area contributed by atoms with Crippen molar-refractivity contribution in [2.24, 2.45) is 4.99 Å². The molecule has 0 radical (unpaired) electrons. The van der Waals surface area contributed by atoms with E-state index >= 15 is 0 Å². The highest BCUT2D eigenvalue weighted by Crippen LogP contribution is 2.38. The third-order valence-electron chi connectivity index (χ3n) is 7.75. The van der Waals surface area contributed by atoms with Crippen molar-refractivity contribution < 1.29 is 23.7 Å². The number of fused-ring (bicyclic) bond motifs is 2. The van der Waals surface area contributed by atoms with Crippen LogP contribution in [0.15, 0.2) is 104 Å². The number of allylic oxidation sites excluding steroid dienone is 1. The maximum absolute atomic E-state index is 14.0. The number of halogens is 1. The molecular weight excluding hydrogens is 668 g/mol. The van der Waals surface area contributed by atoms with Gasteiger partial charge in [0.1, 0.15) is 12.4 Å². The Kier molecular flexibility index (Phi) is 9.10. The summed E-state index contributed by atoms with van der Waals surface area (Å²) in [5, 5.41) is 2.27. The molecule has 1 aliphatic rings. The van der Waals surface area contributed by atoms with Gasteiger partial charge in [-0.1, -0.05) is 65.9 Å². The molecule has 0 bridgehead atoms. The minimum absolute atomic E-state index is 0.202. The largest absolute Gasteiger partial charge is 0.497 e. The molecule has 5 aromatic rings. The zero-order chi connectivity index (χ0) is 32.4. The van der Waals surface area contributed by atoms with Crippen LogP contribution >= 0.6 is 27.3 Å². The molecule has 0 saturated carbocycles. The molecule has 0 saturated heterocycles. The van der Waals surface area contributed by atoms with Crippen LogP contribution in [0.2, 0.25) is 0 Å². The smallest absolute Gasteiger partial charge is 0.338 e. The highest BCUT2D eigenvalue weighted by molar-refractivity contribution is 9.10. The summed E-state index contributed by atoms with van der Waals surface area (Å²) in [6.07, 6.45) is 1.79. The van der Waals surface area contributed by atoms with Gasteiger partial charge < -0.3 is 18.9 Å². The van der Waals surface area contributed by atoms with Gasteiger partial charge in [0.2, 0.25) is 0 Å². The minimum atomic E-state index is -0.713. The fourth-order valence-electron chi connectivity index (χ4n) is 5.58. The fourth-order valence-corrected chi connectivity index (χ4v) is 7.20. The zero-order valence-corrected chi connectivity index (χ0v) is 28.1. The van der Waals surface area contributed by atoms with Gasteiger partial charge in [-0.25, -0.2) is 9.79 Å². The lowest BCUT2D eigenvalue weighted by atomic mass is 9.96. The van der Waals surface area contributed by atoms with Crippen LogP contribution in [0.1, 0.15) is 36.6 Å². The molecule has 1 aliphatic heterocycles. The number of carbonyl (C=O) groups is 1. The van der Waals surface area contributed by atoms with E-state index in [4.69, 9.17) is 18.9 Å². The number of hydrogen-bond acceptors (Lipinski definition) is 8. The third-order valence-corrected chi connectivity index (χ3v) is 9.32. The molecule has 46 heavy (non-hydrogen) atoms. The molecule has 0 unspecified atom stereocenters. The van der Waals surface area contributed by atoms with E-state index in [1.54, 1.807) is 50.8 Å². The molecule has 0 N–H and O–H groups in total. The van der Waals surface area contributed by atoms with E-state index in [0.717, 1.165) is 27.5 Å². The van der Waals surface area contributed by atoms with E-state index in [1.165, 1.54) is 11.3 Å². The summed E-state index contributed by atoms with van der Waals surface area (Å²) in [4.78, 5) is 32.4. The van der Waals surface area contributed by atoms with E-state index in [0.29, 0.717) is 48.9 Å². The summed E-state index contributed by atoms with van der Waals surface area (Å²) in [6.45, 7) is 4.06. The number of rotatable bonds is 9. The number of hydrogen-bond donors (Lipinski definition) is 0. The summed E-state index contributed by atoms with van der Waals surface area (Å²) in [7, 11) is 3.17. The summed E-state index contributed by atoms with van der Waals surface area (Å²) in [5.41, 5.74) is 3.08. The molecule has 0 amide bonds. The zero-order valence-electron chi connectivity index (χ0n) is 25.7. The fraction of sp³-hybridized carbons (Fsp3) is 0.194. The predicted molar refractivity (Wildman–Crippen MR) is 182 cm³/mol. The van der Waals surface area contributed by atoms with E-state index in [9.17, 15) is 9.59 Å². The van der Waals surface area contributed by atoms with Gasteiger partial charge in [-0.3, -0.25) is 9.36 Å². The molecule has 6 rings (SSSR count). The second-order valence-electron chi connectivity index (χ2n) is 10.5. The van der Waals surface area contributed by atoms with Crippen molar-refractivity contribution in [2.75, 3.05) is 20.8 Å². The van der Waals surface area contributed by atoms with Crippen molar-refractivity contribution in [3.63, 3.8) is 0 Å². The highest BCUT2D eigenvalue weighted by Gasteiger charge is 2.33. The van der Waals surface area contributed by atoms with Crippen molar-refractivity contribution in [3.8, 4) is 17.2 Å². The van der Waals surface area contributed by atoms with Gasteiger partial charge in [0.15, 0.2) is 16.3 Å². The van der Waals surface area contributed by atoms with Crippen LogP contribution in [0.25, 0.3) is 16.8 Å². The minimum Gasteiger partial charge on any atom is -0.497 e. The van der Waals surface area contributed by atoms with E-state index in [-0.39, 0.29) is 12.2 Å². The number of ether oxygens (including phenoxy) is 4. The van der Waals surface area contributed by atoms with Crippen molar-refractivity contribution >= 4 is 50.1 Å². The standard InChI is InChI=1S/C36H31BrN2O6S/c1-5-44-35(41)31-21(2)38-36-39(32(31)24-13-15-26(42-3)16-14-24)34(40)30(46-36)19-22-17-28(37)33(29(18-22)43-4)45-20-25-11-8-10-23-9-6-7-12-27(23)25/h6-19,32H,5,20H2,1-4H3/b30-19+/t32-/m1/s1. The van der Waals surface area contributed by atoms with Crippen molar-refractivity contribution in [3.05, 3.63) is 131 Å². The van der Waals surface area contributed by atoms with Gasteiger partial charge in [-0.2, -0.15) is 0 Å². The Balaban J connectivity index is 1.39. The Morgan fingerprint density at radius 3 is 2.52 bits per heavy atom. The second kappa shape index (κ2) is 13.4. The van der Waals surface area contributed by atoms with Crippen LogP contribution in [-0.4, -0.2) is 31.4 Å². The Morgan fingerprint density at radius 1 is 1.02 bits per heavy atom. The summed E-state index contributed by atoms with van der Waals surface area (Å²) < 4.78 is 25.4. The number of esters is 1. The van der Waals surface area contributed by atoms with E-state index < -0.39 is 12.0 Å². The molecule has 234 valence electrons. The molecule has 8 nitrogen and oxygen atoms in total. The highest BCUT2D eigenvalue weighted by atomic mass is 79.9. The van der Waals surface area contributed by atoms with Crippen LogP contribution < -0.4 is 29.1 Å². The van der Waals surface area contributed by atoms with E-state index in [2.05, 4.69) is 39.1 Å². The maximum Gasteiger partial charge on any atom is 0.338 e. The Labute approximate surface area is 278 Å². The lowest BCUT2D eigenvalue weighted by Gasteiger charge is -2.24. The summed E-state index contributed by atoms with van der Waals surface area (Å²) in [5.74, 6) is 1.23. The van der Waals surface area contributed by atoms with Crippen LogP contribution in [0.3, 0.4) is 0 Å². The van der Waals surface area contributed by atoms with Gasteiger partial charge in [-0.15, -0.1) is 0 Å². The summed E-state index contributed by atoms with van der Waals surface area (Å²) in [6, 6.07) is 24.6. The number of thiazole rings is 1. The van der Waals surface area contributed by atoms with Gasteiger partial charge in [0.25, 0.3) is 5.56 Å². The average Bonchev–Trinajstić information content (AvgIpc) is 3.36. The summed E-state index contributed by atoms with van der Waals surface area (Å²) >= 11 is 4.91. The first-order valence-corrected chi connectivity index (χ1v) is 16.2. The molecule has 0 spiro atoms. The van der Waals surface area contributed by atoms with Crippen molar-refractivity contribution in [2.45, 2.75) is 26.5 Å². The first-order valence-electron chi connectivity index (χ1n) is 14.6. The second-order valence-corrected chi connectivity index (χ2v) is 12.4. The molecule has 10 heteroatoms. The Morgan fingerprint density at radius 2 is 1.78 bits per heavy atom. The topological polar surface area (TPSA) is 88.4 Å². The Bertz CT molecular complexity index is 2160. The van der Waals surface area contributed by atoms with Crippen LogP contribution in [0.5, 0.6) is 17.2 Å². The van der Waals surface area contributed by atoms with Crippen molar-refractivity contribution in [1.82, 2.24) is 4.57 Å². The number of nitrogens with zero attached hydrogens (tertiary/aromatic N) is 2. The molecule has 2 heterocycles. The van der Waals surface area contributed by atoms with Crippen LogP contribution in [0, 0.1) is 0 Å². The molecule has 1 atom stereocenters. The number of carbonyl (C=O) groups excluding carboxylic acids is 1. The predicted octanol–water partition coefficient (Wildman–Crippen LogP) is 6.31. The monoisotopic (exact) mass is 698 g/mol. The number of aromatic nitrogens is 1. The van der Waals surface area contributed by atoms with Gasteiger partial charge in [0, 0.05) is 0 Å².